The van der Waals surface area contributed by atoms with Crippen molar-refractivity contribution in [2.24, 2.45) is 5.92 Å². The lowest BCUT2D eigenvalue weighted by Gasteiger charge is -2.37. The summed E-state index contributed by atoms with van der Waals surface area (Å²) in [6.45, 7) is 6.97. The Hall–Kier alpha value is -4.77. The van der Waals surface area contributed by atoms with Gasteiger partial charge in [0.1, 0.15) is 5.75 Å². The van der Waals surface area contributed by atoms with Crippen LogP contribution in [0.2, 0.25) is 18.6 Å². The molecule has 2 aliphatic heterocycles. The van der Waals surface area contributed by atoms with E-state index < -0.39 is 19.8 Å². The Bertz CT molecular complexity index is 1850. The molecule has 1 saturated heterocycles. The molecule has 10 heteroatoms. The van der Waals surface area contributed by atoms with Crippen LogP contribution in [-0.2, 0) is 26.5 Å². The van der Waals surface area contributed by atoms with Gasteiger partial charge < -0.3 is 29.7 Å². The third kappa shape index (κ3) is 6.34. The summed E-state index contributed by atoms with van der Waals surface area (Å²) in [6, 6.07) is 32.3. The van der Waals surface area contributed by atoms with Crippen LogP contribution >= 0.6 is 0 Å². The average molecular weight is 692 g/mol. The number of carbonyl (C=O) groups excluding carboxylic acids is 3. The van der Waals surface area contributed by atoms with Crippen LogP contribution < -0.4 is 20.1 Å². The van der Waals surface area contributed by atoms with Crippen LogP contribution in [-0.4, -0.2) is 69.2 Å². The summed E-state index contributed by atoms with van der Waals surface area (Å²) >= 11 is 0. The molecule has 0 aromatic heterocycles. The first-order chi connectivity index (χ1) is 24.0. The number of ether oxygens (including phenoxy) is 2. The number of hydrogen-bond acceptors (Lipinski definition) is 6. The molecule has 4 aromatic carbocycles. The van der Waals surface area contributed by atoms with Gasteiger partial charge in [0.2, 0.25) is 5.91 Å². The predicted molar refractivity (Wildman–Crippen MR) is 197 cm³/mol. The summed E-state index contributed by atoms with van der Waals surface area (Å²) in [5.41, 5.74) is 1.90. The number of benzene rings is 4. The second kappa shape index (κ2) is 14.2. The highest BCUT2D eigenvalue weighted by Gasteiger charge is 2.66. The maximum absolute atomic E-state index is 14.5. The number of hydrogen-bond donors (Lipinski definition) is 2. The number of likely N-dealkylation sites (N-methyl/N-ethyl adjacent to an activating group) is 1. The second-order valence-electron chi connectivity index (χ2n) is 13.8. The van der Waals surface area contributed by atoms with Gasteiger partial charge in [-0.1, -0.05) is 85.9 Å². The van der Waals surface area contributed by atoms with Gasteiger partial charge in [0.05, 0.1) is 40.0 Å². The fraction of sp³-hybridized carbons (Fsp3) is 0.325. The molecule has 1 spiro atoms. The van der Waals surface area contributed by atoms with E-state index in [0.717, 1.165) is 16.5 Å². The molecule has 2 aliphatic rings. The molecule has 1 fully saturated rings. The van der Waals surface area contributed by atoms with Gasteiger partial charge in [-0.05, 0) is 53.6 Å². The minimum atomic E-state index is -2.49. The summed E-state index contributed by atoms with van der Waals surface area (Å²) in [5, 5.41) is 14.1. The molecule has 0 saturated carbocycles. The Morgan fingerprint density at radius 3 is 2.28 bits per heavy atom. The monoisotopic (exact) mass is 691 g/mol. The van der Waals surface area contributed by atoms with Gasteiger partial charge in [0, 0.05) is 42.9 Å². The highest BCUT2D eigenvalue weighted by atomic mass is 28.3. The van der Waals surface area contributed by atoms with E-state index in [1.54, 1.807) is 42.2 Å². The van der Waals surface area contributed by atoms with Crippen molar-refractivity contribution in [3.63, 3.8) is 0 Å². The van der Waals surface area contributed by atoms with Crippen molar-refractivity contribution in [3.8, 4) is 5.75 Å². The van der Waals surface area contributed by atoms with E-state index in [1.165, 1.54) is 0 Å². The topological polar surface area (TPSA) is 108 Å². The van der Waals surface area contributed by atoms with Gasteiger partial charge in [0.25, 0.3) is 11.8 Å². The molecule has 2 N–H and O–H groups in total. The molecule has 0 radical (unpaired) electrons. The number of nitrogens with zero attached hydrogens (tertiary/aromatic N) is 2. The first kappa shape index (κ1) is 35.1. The lowest BCUT2D eigenvalue weighted by atomic mass is 9.82. The number of fused-ring (bicyclic) bond motifs is 2. The number of carbonyl (C=O) groups is 3. The smallest absolute Gasteiger partial charge is 0.264 e. The van der Waals surface area contributed by atoms with Crippen LogP contribution in [0.5, 0.6) is 5.75 Å². The maximum Gasteiger partial charge on any atom is 0.264 e. The molecule has 0 bridgehead atoms. The Morgan fingerprint density at radius 2 is 1.64 bits per heavy atom. The second-order valence-corrected chi connectivity index (χ2v) is 18.5. The number of rotatable bonds is 11. The Balaban J connectivity index is 1.40. The average Bonchev–Trinajstić information content (AvgIpc) is 3.54. The van der Waals surface area contributed by atoms with Crippen LogP contribution in [0, 0.1) is 5.92 Å². The van der Waals surface area contributed by atoms with Crippen LogP contribution in [0.15, 0.2) is 103 Å². The van der Waals surface area contributed by atoms with Gasteiger partial charge in [0.15, 0.2) is 5.60 Å². The third-order valence-electron chi connectivity index (χ3n) is 10.6. The van der Waals surface area contributed by atoms with E-state index >= 15 is 0 Å². The van der Waals surface area contributed by atoms with E-state index in [0.29, 0.717) is 29.0 Å². The van der Waals surface area contributed by atoms with E-state index in [1.807, 2.05) is 72.8 Å². The molecule has 4 atom stereocenters. The van der Waals surface area contributed by atoms with Crippen molar-refractivity contribution in [1.29, 1.82) is 0 Å². The summed E-state index contributed by atoms with van der Waals surface area (Å²) in [6.07, 6.45) is -0.545. The minimum Gasteiger partial charge on any atom is -0.497 e. The van der Waals surface area contributed by atoms with E-state index in [-0.39, 0.29) is 48.8 Å². The number of nitrogens with one attached hydrogen (secondary N) is 1. The zero-order valence-corrected chi connectivity index (χ0v) is 30.3. The van der Waals surface area contributed by atoms with Gasteiger partial charge >= 0.3 is 0 Å². The number of anilines is 2. The predicted octanol–water partition coefficient (Wildman–Crippen LogP) is 5.55. The zero-order chi connectivity index (χ0) is 35.6. The van der Waals surface area contributed by atoms with Crippen molar-refractivity contribution >= 4 is 42.4 Å². The number of amides is 3. The van der Waals surface area contributed by atoms with Gasteiger partial charge in [-0.3, -0.25) is 14.4 Å². The molecule has 3 amide bonds. The summed E-state index contributed by atoms with van der Waals surface area (Å²) in [4.78, 5) is 45.2. The van der Waals surface area contributed by atoms with Crippen LogP contribution in [0.1, 0.15) is 34.8 Å². The normalized spacial score (nSPS) is 21.3. The van der Waals surface area contributed by atoms with Crippen LogP contribution in [0.3, 0.4) is 0 Å². The largest absolute Gasteiger partial charge is 0.497 e. The molecule has 4 aromatic rings. The van der Waals surface area contributed by atoms with Crippen molar-refractivity contribution < 1.29 is 29.0 Å². The van der Waals surface area contributed by atoms with Crippen LogP contribution in [0.4, 0.5) is 11.4 Å². The first-order valence-corrected chi connectivity index (χ1v) is 20.1. The van der Waals surface area contributed by atoms with Crippen molar-refractivity contribution in [1.82, 2.24) is 4.90 Å². The molecular weight excluding hydrogens is 647 g/mol. The summed E-state index contributed by atoms with van der Waals surface area (Å²) < 4.78 is 12.5. The van der Waals surface area contributed by atoms with E-state index in [2.05, 4.69) is 37.5 Å². The van der Waals surface area contributed by atoms with Gasteiger partial charge in [-0.25, -0.2) is 0 Å². The number of aliphatic hydroxyl groups excluding tert-OH is 1. The number of aliphatic hydroxyl groups is 1. The van der Waals surface area contributed by atoms with Crippen molar-refractivity contribution in [2.75, 3.05) is 37.5 Å². The molecule has 0 aliphatic carbocycles. The Kier molecular flexibility index (Phi) is 9.97. The molecule has 260 valence electrons. The lowest BCUT2D eigenvalue weighted by molar-refractivity contribution is -0.149. The summed E-state index contributed by atoms with van der Waals surface area (Å²) in [5.74, 6) is -0.160. The molecule has 50 heavy (non-hydrogen) atoms. The third-order valence-corrected chi connectivity index (χ3v) is 14.9. The maximum atomic E-state index is 14.5. The molecule has 9 nitrogen and oxygen atoms in total. The van der Waals surface area contributed by atoms with Gasteiger partial charge in [-0.15, -0.1) is 0 Å². The zero-order valence-electron chi connectivity index (χ0n) is 29.3. The fourth-order valence-corrected chi connectivity index (χ4v) is 12.0. The molecule has 2 heterocycles. The highest BCUT2D eigenvalue weighted by Crippen LogP contribution is 2.60. The first-order valence-electron chi connectivity index (χ1n) is 17.0. The SMILES string of the molecule is COc1ccc([Si](C)(C)[C@@H]2[C@@H](CC(=O)N(CCO)Cc3ccccc3)O[C@]3(C(=O)N(C)c4ccc(NC(=O)c5ccccc5)cc43)[C@H]2C)cc1. The highest BCUT2D eigenvalue weighted by molar-refractivity contribution is 6.91. The molecule has 0 unspecified atom stereocenters. The standard InChI is InChI=1S/C40H45N3O6Si/c1-27-37(50(4,5)32-19-17-31(48-3)18-20-32)35(25-36(45)43(22-23-44)26-28-12-8-6-9-13-28)49-40(27)33-24-30(16-21-34(33)42(2)39(40)47)41-38(46)29-14-10-7-11-15-29/h6-21,24,27,35,37,44H,22-23,25-26H2,1-5H3,(H,41,46)/t27-,35+,37-,40+/m0/s1. The summed E-state index contributed by atoms with van der Waals surface area (Å²) in [7, 11) is 0.891. The van der Waals surface area contributed by atoms with Crippen LogP contribution in [0.25, 0.3) is 0 Å². The molecular formula is C40H45N3O6Si. The molecule has 6 rings (SSSR count). The van der Waals surface area contributed by atoms with Crippen molar-refractivity contribution in [3.05, 3.63) is 120 Å². The minimum absolute atomic E-state index is 0.0485. The van der Waals surface area contributed by atoms with E-state index in [9.17, 15) is 19.5 Å². The van der Waals surface area contributed by atoms with E-state index in [4.69, 9.17) is 9.47 Å². The lowest BCUT2D eigenvalue weighted by Crippen LogP contribution is -2.52. The van der Waals surface area contributed by atoms with Gasteiger partial charge in [-0.2, -0.15) is 0 Å². The Labute approximate surface area is 294 Å². The quantitative estimate of drug-likeness (QED) is 0.200. The fourth-order valence-electron chi connectivity index (χ4n) is 8.01. The Morgan fingerprint density at radius 1 is 0.980 bits per heavy atom. The van der Waals surface area contributed by atoms with Crippen molar-refractivity contribution in [2.45, 2.75) is 50.2 Å². The number of methoxy groups -OCH3 is 1.